The number of amides is 1. The number of aromatic nitrogens is 2. The molecule has 0 aromatic carbocycles. The highest BCUT2D eigenvalue weighted by Crippen LogP contribution is 2.14. The fourth-order valence-corrected chi connectivity index (χ4v) is 2.21. The van der Waals surface area contributed by atoms with Gasteiger partial charge in [0.05, 0.1) is 13.1 Å². The molecule has 2 heterocycles. The summed E-state index contributed by atoms with van der Waals surface area (Å²) in [5.41, 5.74) is 0. The number of rotatable bonds is 5. The molecule has 6 nitrogen and oxygen atoms in total. The van der Waals surface area contributed by atoms with Gasteiger partial charge in [-0.2, -0.15) is 0 Å². The molecule has 0 spiro atoms. The number of carbonyl (C=O) groups excluding carboxylic acids is 1. The summed E-state index contributed by atoms with van der Waals surface area (Å²) in [5.74, 6) is 3.19. The summed E-state index contributed by atoms with van der Waals surface area (Å²) in [6.45, 7) is 2.39. The van der Waals surface area contributed by atoms with Gasteiger partial charge in [-0.25, -0.2) is 9.97 Å². The first-order chi connectivity index (χ1) is 9.79. The third kappa shape index (κ3) is 4.21. The van der Waals surface area contributed by atoms with Crippen molar-refractivity contribution < 1.29 is 4.79 Å². The summed E-state index contributed by atoms with van der Waals surface area (Å²) < 4.78 is 0. The van der Waals surface area contributed by atoms with E-state index in [0.29, 0.717) is 6.54 Å². The minimum Gasteiger partial charge on any atom is -0.352 e. The van der Waals surface area contributed by atoms with Crippen LogP contribution in [0.3, 0.4) is 0 Å². The van der Waals surface area contributed by atoms with E-state index in [-0.39, 0.29) is 18.5 Å². The molecule has 1 aliphatic rings. The van der Waals surface area contributed by atoms with E-state index in [9.17, 15) is 4.79 Å². The van der Waals surface area contributed by atoms with E-state index in [1.165, 1.54) is 0 Å². The molecular weight excluding hydrogens is 254 g/mol. The van der Waals surface area contributed by atoms with E-state index in [4.69, 9.17) is 6.42 Å². The second-order valence-electron chi connectivity index (χ2n) is 4.69. The summed E-state index contributed by atoms with van der Waals surface area (Å²) in [6, 6.07) is 2.02. The molecule has 0 radical (unpaired) electrons. The molecular formula is C14H19N5O. The van der Waals surface area contributed by atoms with Crippen molar-refractivity contribution in [2.24, 2.45) is 0 Å². The van der Waals surface area contributed by atoms with Gasteiger partial charge in [-0.1, -0.05) is 5.92 Å². The Morgan fingerprint density at radius 1 is 1.40 bits per heavy atom. The molecule has 1 saturated heterocycles. The van der Waals surface area contributed by atoms with Gasteiger partial charge in [0.1, 0.15) is 0 Å². The smallest absolute Gasteiger partial charge is 0.234 e. The lowest BCUT2D eigenvalue weighted by Gasteiger charge is -2.32. The second-order valence-corrected chi connectivity index (χ2v) is 4.69. The van der Waals surface area contributed by atoms with Crippen LogP contribution in [0.5, 0.6) is 0 Å². The van der Waals surface area contributed by atoms with Crippen molar-refractivity contribution in [3.05, 3.63) is 18.5 Å². The van der Waals surface area contributed by atoms with Gasteiger partial charge in [-0.15, -0.1) is 6.42 Å². The molecule has 1 aromatic rings. The van der Waals surface area contributed by atoms with Crippen LogP contribution in [0, 0.1) is 12.3 Å². The number of nitrogens with zero attached hydrogens (tertiary/aromatic N) is 3. The predicted molar refractivity (Wildman–Crippen MR) is 77.1 cm³/mol. The summed E-state index contributed by atoms with van der Waals surface area (Å²) in [6.07, 6.45) is 10.4. The third-order valence-electron chi connectivity index (χ3n) is 3.21. The fourth-order valence-electron chi connectivity index (χ4n) is 2.21. The maximum Gasteiger partial charge on any atom is 0.234 e. The lowest BCUT2D eigenvalue weighted by Crippen LogP contribution is -2.47. The minimum atomic E-state index is -0.00494. The van der Waals surface area contributed by atoms with Crippen LogP contribution in [0.25, 0.3) is 0 Å². The van der Waals surface area contributed by atoms with E-state index in [2.05, 4.69) is 31.4 Å². The van der Waals surface area contributed by atoms with Crippen LogP contribution in [-0.4, -0.2) is 48.1 Å². The third-order valence-corrected chi connectivity index (χ3v) is 3.21. The average Bonchev–Trinajstić information content (AvgIpc) is 2.49. The van der Waals surface area contributed by atoms with Crippen molar-refractivity contribution in [3.8, 4) is 12.3 Å². The maximum atomic E-state index is 11.7. The molecule has 0 unspecified atom stereocenters. The Bertz CT molecular complexity index is 462. The molecule has 1 amide bonds. The van der Waals surface area contributed by atoms with Crippen molar-refractivity contribution in [1.82, 2.24) is 20.6 Å². The zero-order valence-electron chi connectivity index (χ0n) is 11.4. The Kier molecular flexibility index (Phi) is 5.33. The largest absolute Gasteiger partial charge is 0.352 e. The molecule has 6 heteroatoms. The second kappa shape index (κ2) is 7.46. The van der Waals surface area contributed by atoms with Gasteiger partial charge in [0.15, 0.2) is 0 Å². The topological polar surface area (TPSA) is 70.2 Å². The molecule has 1 aliphatic heterocycles. The van der Waals surface area contributed by atoms with Gasteiger partial charge in [-0.05, 0) is 18.9 Å². The van der Waals surface area contributed by atoms with Crippen LogP contribution in [0.15, 0.2) is 18.5 Å². The van der Waals surface area contributed by atoms with Crippen molar-refractivity contribution in [2.45, 2.75) is 18.9 Å². The lowest BCUT2D eigenvalue weighted by atomic mass is 10.1. The van der Waals surface area contributed by atoms with Gasteiger partial charge >= 0.3 is 0 Å². The SMILES string of the molecule is C#CCNCC(=O)NC1CCN(c2ncccn2)CC1. The van der Waals surface area contributed by atoms with Crippen LogP contribution in [0.2, 0.25) is 0 Å². The van der Waals surface area contributed by atoms with Gasteiger partial charge < -0.3 is 10.2 Å². The Hall–Kier alpha value is -2.13. The first-order valence-electron chi connectivity index (χ1n) is 6.75. The maximum absolute atomic E-state index is 11.7. The molecule has 0 atom stereocenters. The molecule has 0 saturated carbocycles. The first-order valence-corrected chi connectivity index (χ1v) is 6.75. The van der Waals surface area contributed by atoms with E-state index in [1.807, 2.05) is 0 Å². The summed E-state index contributed by atoms with van der Waals surface area (Å²) in [5, 5.41) is 5.89. The Morgan fingerprint density at radius 3 is 2.75 bits per heavy atom. The fraction of sp³-hybridized carbons (Fsp3) is 0.500. The predicted octanol–water partition coefficient (Wildman–Crippen LogP) is -0.216. The quantitative estimate of drug-likeness (QED) is 0.573. The average molecular weight is 273 g/mol. The Balaban J connectivity index is 1.72. The number of hydrogen-bond donors (Lipinski definition) is 2. The van der Waals surface area contributed by atoms with Crippen LogP contribution >= 0.6 is 0 Å². The summed E-state index contributed by atoms with van der Waals surface area (Å²) >= 11 is 0. The van der Waals surface area contributed by atoms with Crippen LogP contribution in [-0.2, 0) is 4.79 Å². The Labute approximate surface area is 119 Å². The number of nitrogens with one attached hydrogen (secondary N) is 2. The molecule has 1 aromatic heterocycles. The van der Waals surface area contributed by atoms with Crippen molar-refractivity contribution in [1.29, 1.82) is 0 Å². The number of carbonyl (C=O) groups is 1. The number of piperidine rings is 1. The molecule has 0 aliphatic carbocycles. The molecule has 1 fully saturated rings. The highest BCUT2D eigenvalue weighted by molar-refractivity contribution is 5.78. The van der Waals surface area contributed by atoms with Gasteiger partial charge in [0.25, 0.3) is 0 Å². The first kappa shape index (κ1) is 14.3. The van der Waals surface area contributed by atoms with E-state index in [0.717, 1.165) is 31.9 Å². The molecule has 106 valence electrons. The Morgan fingerprint density at radius 2 is 2.10 bits per heavy atom. The van der Waals surface area contributed by atoms with Gasteiger partial charge in [0, 0.05) is 31.5 Å². The molecule has 2 rings (SSSR count). The van der Waals surface area contributed by atoms with E-state index in [1.54, 1.807) is 18.5 Å². The van der Waals surface area contributed by atoms with E-state index < -0.39 is 0 Å². The molecule has 0 bridgehead atoms. The number of anilines is 1. The molecule has 20 heavy (non-hydrogen) atoms. The molecule has 2 N–H and O–H groups in total. The highest BCUT2D eigenvalue weighted by Gasteiger charge is 2.21. The van der Waals surface area contributed by atoms with Crippen LogP contribution in [0.1, 0.15) is 12.8 Å². The normalized spacial score (nSPS) is 15.7. The zero-order valence-corrected chi connectivity index (χ0v) is 11.4. The zero-order chi connectivity index (χ0) is 14.2. The summed E-state index contributed by atoms with van der Waals surface area (Å²) in [7, 11) is 0. The van der Waals surface area contributed by atoms with Gasteiger partial charge in [0.2, 0.25) is 11.9 Å². The van der Waals surface area contributed by atoms with Crippen LogP contribution < -0.4 is 15.5 Å². The minimum absolute atomic E-state index is 0.00494. The van der Waals surface area contributed by atoms with Gasteiger partial charge in [-0.3, -0.25) is 10.1 Å². The van der Waals surface area contributed by atoms with E-state index >= 15 is 0 Å². The number of terminal acetylenes is 1. The van der Waals surface area contributed by atoms with Crippen molar-refractivity contribution >= 4 is 11.9 Å². The number of hydrogen-bond acceptors (Lipinski definition) is 5. The van der Waals surface area contributed by atoms with Crippen LogP contribution in [0.4, 0.5) is 5.95 Å². The highest BCUT2D eigenvalue weighted by atomic mass is 16.1. The van der Waals surface area contributed by atoms with Crippen molar-refractivity contribution in [2.75, 3.05) is 31.1 Å². The van der Waals surface area contributed by atoms with Crippen molar-refractivity contribution in [3.63, 3.8) is 0 Å². The summed E-state index contributed by atoms with van der Waals surface area (Å²) in [4.78, 5) is 22.3. The monoisotopic (exact) mass is 273 g/mol. The standard InChI is InChI=1S/C14H19N5O/c1-2-6-15-11-13(20)18-12-4-9-19(10-5-12)14-16-7-3-8-17-14/h1,3,7-8,12,15H,4-6,9-11H2,(H,18,20). The lowest BCUT2D eigenvalue weighted by molar-refractivity contribution is -0.121.